The zero-order valence-corrected chi connectivity index (χ0v) is 28.1. The van der Waals surface area contributed by atoms with Crippen LogP contribution in [0.3, 0.4) is 0 Å². The van der Waals surface area contributed by atoms with Crippen LogP contribution in [-0.4, -0.2) is 52.5 Å². The standard InChI is InChI=1S/C35H40BFN2O6S/c1-21(22-10-14-25(15-11-22)36-44-34(2,3)35(4,5)45-36)20-39(46(7,41)42)29-19-30-28(18-27(29)23-8-9-23)31(33(40)38-6)32(43-30)24-12-16-26(37)17-13-24/h10-19,21,23H,8-9,20H2,1-7H3,(H,38,40). The van der Waals surface area contributed by atoms with E-state index in [1.807, 2.05) is 65.0 Å². The summed E-state index contributed by atoms with van der Waals surface area (Å²) in [5.41, 5.74) is 3.63. The van der Waals surface area contributed by atoms with Gasteiger partial charge in [-0.25, -0.2) is 12.8 Å². The van der Waals surface area contributed by atoms with Gasteiger partial charge in [-0.3, -0.25) is 9.10 Å². The lowest BCUT2D eigenvalue weighted by atomic mass is 9.78. The molecule has 1 saturated carbocycles. The first-order valence-electron chi connectivity index (χ1n) is 15.6. The van der Waals surface area contributed by atoms with Crippen molar-refractivity contribution in [1.29, 1.82) is 0 Å². The van der Waals surface area contributed by atoms with Crippen LogP contribution in [0.2, 0.25) is 0 Å². The first kappa shape index (κ1) is 32.3. The Morgan fingerprint density at radius 3 is 2.17 bits per heavy atom. The molecule has 46 heavy (non-hydrogen) atoms. The van der Waals surface area contributed by atoms with Crippen molar-refractivity contribution in [2.45, 2.75) is 70.5 Å². The van der Waals surface area contributed by atoms with Crippen LogP contribution in [-0.2, 0) is 19.3 Å². The third kappa shape index (κ3) is 5.96. The Morgan fingerprint density at radius 2 is 1.63 bits per heavy atom. The van der Waals surface area contributed by atoms with Gasteiger partial charge in [0.25, 0.3) is 5.91 Å². The predicted molar refractivity (Wildman–Crippen MR) is 180 cm³/mol. The van der Waals surface area contributed by atoms with Gasteiger partial charge in [-0.1, -0.05) is 31.2 Å². The van der Waals surface area contributed by atoms with Gasteiger partial charge in [-0.05, 0) is 99.3 Å². The molecule has 0 radical (unpaired) electrons. The van der Waals surface area contributed by atoms with Crippen molar-refractivity contribution in [1.82, 2.24) is 5.32 Å². The van der Waals surface area contributed by atoms with E-state index in [1.165, 1.54) is 22.7 Å². The number of amides is 1. The molecule has 1 saturated heterocycles. The minimum absolute atomic E-state index is 0.155. The number of carbonyl (C=O) groups excluding carboxylic acids is 1. The van der Waals surface area contributed by atoms with Crippen LogP contribution in [0.4, 0.5) is 10.1 Å². The number of hydrogen-bond acceptors (Lipinski definition) is 6. The number of carbonyl (C=O) groups is 1. The van der Waals surface area contributed by atoms with E-state index in [1.54, 1.807) is 25.2 Å². The number of halogens is 1. The Hall–Kier alpha value is -3.67. The third-order valence-corrected chi connectivity index (χ3v) is 10.7. The number of nitrogens with zero attached hydrogens (tertiary/aromatic N) is 1. The maximum Gasteiger partial charge on any atom is 0.494 e. The van der Waals surface area contributed by atoms with Crippen LogP contribution in [0, 0.1) is 5.82 Å². The van der Waals surface area contributed by atoms with Crippen molar-refractivity contribution in [2.75, 3.05) is 24.2 Å². The van der Waals surface area contributed by atoms with Crippen LogP contribution in [0.1, 0.15) is 80.8 Å². The average Bonchev–Trinajstić information content (AvgIpc) is 3.73. The molecule has 1 aromatic heterocycles. The van der Waals surface area contributed by atoms with Crippen molar-refractivity contribution in [3.63, 3.8) is 0 Å². The van der Waals surface area contributed by atoms with E-state index in [9.17, 15) is 17.6 Å². The molecule has 1 amide bonds. The number of nitrogens with one attached hydrogen (secondary N) is 1. The topological polar surface area (TPSA) is 98.1 Å². The second kappa shape index (κ2) is 11.5. The summed E-state index contributed by atoms with van der Waals surface area (Å²) in [4.78, 5) is 13.1. The van der Waals surface area contributed by atoms with Gasteiger partial charge in [-0.15, -0.1) is 0 Å². The Labute approximate surface area is 270 Å². The summed E-state index contributed by atoms with van der Waals surface area (Å²) in [6.45, 7) is 10.3. The van der Waals surface area contributed by atoms with Gasteiger partial charge in [0.2, 0.25) is 10.0 Å². The molecule has 2 aliphatic rings. The van der Waals surface area contributed by atoms with E-state index in [-0.39, 0.29) is 24.3 Å². The predicted octanol–water partition coefficient (Wildman–Crippen LogP) is 6.34. The highest BCUT2D eigenvalue weighted by molar-refractivity contribution is 7.92. The molecule has 4 aromatic rings. The summed E-state index contributed by atoms with van der Waals surface area (Å²) in [7, 11) is -2.66. The summed E-state index contributed by atoms with van der Waals surface area (Å²) in [5, 5.41) is 3.27. The Bertz CT molecular complexity index is 1880. The first-order chi connectivity index (χ1) is 21.6. The zero-order chi connectivity index (χ0) is 33.2. The summed E-state index contributed by atoms with van der Waals surface area (Å²) >= 11 is 0. The summed E-state index contributed by atoms with van der Waals surface area (Å²) < 4.78 is 60.7. The van der Waals surface area contributed by atoms with Crippen LogP contribution >= 0.6 is 0 Å². The molecular weight excluding hydrogens is 606 g/mol. The molecule has 0 bridgehead atoms. The van der Waals surface area contributed by atoms with Gasteiger partial charge in [0, 0.05) is 30.6 Å². The normalized spacial score (nSPS) is 18.1. The lowest BCUT2D eigenvalue weighted by Gasteiger charge is -2.32. The van der Waals surface area contributed by atoms with Crippen LogP contribution < -0.4 is 15.1 Å². The maximum atomic E-state index is 13.7. The number of fused-ring (bicyclic) bond motifs is 1. The number of anilines is 1. The molecule has 2 fully saturated rings. The second-order valence-electron chi connectivity index (χ2n) is 13.5. The van der Waals surface area contributed by atoms with E-state index in [0.29, 0.717) is 33.5 Å². The highest BCUT2D eigenvalue weighted by Gasteiger charge is 2.51. The Morgan fingerprint density at radius 1 is 1.02 bits per heavy atom. The number of benzene rings is 3. The van der Waals surface area contributed by atoms with Gasteiger partial charge in [0.15, 0.2) is 0 Å². The van der Waals surface area contributed by atoms with Gasteiger partial charge in [0.05, 0.1) is 28.7 Å². The number of hydrogen-bond donors (Lipinski definition) is 1. The maximum absolute atomic E-state index is 13.7. The SMILES string of the molecule is CNC(=O)c1c(-c2ccc(F)cc2)oc2cc(N(CC(C)c3ccc(B4OC(C)(C)C(C)(C)O4)cc3)S(C)(=O)=O)c(C3CC3)cc12. The first-order valence-corrected chi connectivity index (χ1v) is 17.5. The minimum Gasteiger partial charge on any atom is -0.455 e. The van der Waals surface area contributed by atoms with E-state index < -0.39 is 34.2 Å². The van der Waals surface area contributed by atoms with Crippen LogP contribution in [0.15, 0.2) is 65.1 Å². The highest BCUT2D eigenvalue weighted by Crippen LogP contribution is 2.48. The highest BCUT2D eigenvalue weighted by atomic mass is 32.2. The fraction of sp³-hybridized carbons (Fsp3) is 0.400. The van der Waals surface area contributed by atoms with Crippen molar-refractivity contribution in [2.24, 2.45) is 0 Å². The van der Waals surface area contributed by atoms with Crippen molar-refractivity contribution < 1.29 is 31.3 Å². The second-order valence-corrected chi connectivity index (χ2v) is 15.4. The van der Waals surface area contributed by atoms with Crippen LogP contribution in [0.5, 0.6) is 0 Å². The molecular formula is C35H40BFN2O6S. The molecule has 1 N–H and O–H groups in total. The molecule has 2 heterocycles. The third-order valence-electron chi connectivity index (χ3n) is 9.55. The molecule has 0 spiro atoms. The number of sulfonamides is 1. The van der Waals surface area contributed by atoms with Crippen LogP contribution in [0.25, 0.3) is 22.3 Å². The largest absolute Gasteiger partial charge is 0.494 e. The zero-order valence-electron chi connectivity index (χ0n) is 27.3. The monoisotopic (exact) mass is 646 g/mol. The fourth-order valence-electron chi connectivity index (χ4n) is 5.97. The number of rotatable bonds is 9. The Balaban J connectivity index is 1.37. The van der Waals surface area contributed by atoms with Gasteiger partial charge < -0.3 is 19.0 Å². The van der Waals surface area contributed by atoms with Crippen molar-refractivity contribution in [3.05, 3.63) is 83.2 Å². The Kier molecular flexibility index (Phi) is 8.10. The molecule has 3 aromatic carbocycles. The number of furan rings is 1. The molecule has 1 atom stereocenters. The van der Waals surface area contributed by atoms with Gasteiger partial charge in [0.1, 0.15) is 17.2 Å². The minimum atomic E-state index is -3.72. The lowest BCUT2D eigenvalue weighted by molar-refractivity contribution is 0.00578. The average molecular weight is 647 g/mol. The quantitative estimate of drug-likeness (QED) is 0.213. The van der Waals surface area contributed by atoms with E-state index in [0.717, 1.165) is 29.4 Å². The van der Waals surface area contributed by atoms with Crippen molar-refractivity contribution in [3.8, 4) is 11.3 Å². The smallest absolute Gasteiger partial charge is 0.455 e. The molecule has 242 valence electrons. The summed E-state index contributed by atoms with van der Waals surface area (Å²) in [6.07, 6.45) is 3.05. The van der Waals surface area contributed by atoms with E-state index in [2.05, 4.69) is 5.32 Å². The molecule has 8 nitrogen and oxygen atoms in total. The summed E-state index contributed by atoms with van der Waals surface area (Å²) in [6, 6.07) is 17.3. The molecule has 1 aliphatic heterocycles. The molecule has 1 unspecified atom stereocenters. The fourth-order valence-corrected chi connectivity index (χ4v) is 6.98. The van der Waals surface area contributed by atoms with E-state index in [4.69, 9.17) is 13.7 Å². The van der Waals surface area contributed by atoms with Crippen molar-refractivity contribution >= 4 is 45.2 Å². The molecule has 11 heteroatoms. The van der Waals surface area contributed by atoms with Gasteiger partial charge in [-0.2, -0.15) is 0 Å². The molecule has 6 rings (SSSR count). The molecule has 1 aliphatic carbocycles. The lowest BCUT2D eigenvalue weighted by Crippen LogP contribution is -2.41. The van der Waals surface area contributed by atoms with Gasteiger partial charge >= 0.3 is 7.12 Å². The summed E-state index contributed by atoms with van der Waals surface area (Å²) in [5.74, 6) is -0.433. The van der Waals surface area contributed by atoms with E-state index >= 15 is 0 Å².